The van der Waals surface area contributed by atoms with Crippen LogP contribution in [0.25, 0.3) is 11.3 Å². The van der Waals surface area contributed by atoms with Crippen LogP contribution < -0.4 is 0 Å². The summed E-state index contributed by atoms with van der Waals surface area (Å²) in [6.07, 6.45) is 2.50. The third-order valence-corrected chi connectivity index (χ3v) is 4.25. The van der Waals surface area contributed by atoms with Gasteiger partial charge in [-0.15, -0.1) is 0 Å². The van der Waals surface area contributed by atoms with Crippen LogP contribution in [0, 0.1) is 0 Å². The molecule has 2 aromatic heterocycles. The van der Waals surface area contributed by atoms with Gasteiger partial charge in [-0.05, 0) is 29.1 Å². The van der Waals surface area contributed by atoms with Gasteiger partial charge in [0.05, 0.1) is 5.69 Å². The predicted molar refractivity (Wildman–Crippen MR) is 81.2 cm³/mol. The fraction of sp³-hybridized carbons (Fsp3) is 0.0714. The topological polar surface area (TPSA) is 28.7 Å². The lowest BCUT2D eigenvalue weighted by atomic mass is 10.1. The second-order valence-electron chi connectivity index (χ2n) is 4.12. The standard InChI is InChI=1S/C14H10Cl2N2S/c15-11-2-1-3-12(16)10(11)6-14-17-7-13(18-14)9-4-5-19-8-9/h1-5,7-8H,6H2,(H,17,18). The Morgan fingerprint density at radius 2 is 1.95 bits per heavy atom. The van der Waals surface area contributed by atoms with Crippen molar-refractivity contribution in [1.82, 2.24) is 9.97 Å². The molecule has 2 heterocycles. The van der Waals surface area contributed by atoms with Gasteiger partial charge in [-0.25, -0.2) is 4.98 Å². The monoisotopic (exact) mass is 308 g/mol. The van der Waals surface area contributed by atoms with E-state index in [1.165, 1.54) is 0 Å². The first kappa shape index (κ1) is 12.7. The van der Waals surface area contributed by atoms with Crippen LogP contribution in [-0.4, -0.2) is 9.97 Å². The number of rotatable bonds is 3. The van der Waals surface area contributed by atoms with Gasteiger partial charge in [0.2, 0.25) is 0 Å². The summed E-state index contributed by atoms with van der Waals surface area (Å²) in [6.45, 7) is 0. The van der Waals surface area contributed by atoms with E-state index in [0.29, 0.717) is 16.5 Å². The molecule has 5 heteroatoms. The largest absolute Gasteiger partial charge is 0.348 e. The van der Waals surface area contributed by atoms with Gasteiger partial charge in [0, 0.05) is 33.6 Å². The van der Waals surface area contributed by atoms with Crippen molar-refractivity contribution in [3.63, 3.8) is 0 Å². The molecule has 0 saturated carbocycles. The molecule has 0 aliphatic heterocycles. The molecule has 0 aliphatic carbocycles. The first-order valence-corrected chi connectivity index (χ1v) is 7.43. The Kier molecular flexibility index (Phi) is 3.60. The Hall–Kier alpha value is -1.29. The zero-order valence-corrected chi connectivity index (χ0v) is 12.2. The summed E-state index contributed by atoms with van der Waals surface area (Å²) in [5, 5.41) is 5.44. The summed E-state index contributed by atoms with van der Waals surface area (Å²) in [4.78, 5) is 7.74. The van der Waals surface area contributed by atoms with Gasteiger partial charge in [-0.1, -0.05) is 29.3 Å². The molecule has 19 heavy (non-hydrogen) atoms. The number of thiophene rings is 1. The molecule has 0 fully saturated rings. The third-order valence-electron chi connectivity index (χ3n) is 2.85. The normalized spacial score (nSPS) is 10.8. The molecule has 1 N–H and O–H groups in total. The molecule has 0 bridgehead atoms. The average Bonchev–Trinajstić information content (AvgIpc) is 3.04. The molecule has 3 rings (SSSR count). The fourth-order valence-corrected chi connectivity index (χ4v) is 3.06. The maximum Gasteiger partial charge on any atom is 0.111 e. The van der Waals surface area contributed by atoms with Gasteiger partial charge in [0.1, 0.15) is 5.82 Å². The van der Waals surface area contributed by atoms with Gasteiger partial charge >= 0.3 is 0 Å². The molecule has 0 atom stereocenters. The van der Waals surface area contributed by atoms with Gasteiger partial charge in [0.25, 0.3) is 0 Å². The number of hydrogen-bond acceptors (Lipinski definition) is 2. The van der Waals surface area contributed by atoms with Gasteiger partial charge in [-0.3, -0.25) is 0 Å². The van der Waals surface area contributed by atoms with Crippen LogP contribution >= 0.6 is 34.5 Å². The van der Waals surface area contributed by atoms with Crippen molar-refractivity contribution in [3.05, 3.63) is 62.7 Å². The third kappa shape index (κ3) is 2.68. The molecule has 2 nitrogen and oxygen atoms in total. The highest BCUT2D eigenvalue weighted by Crippen LogP contribution is 2.27. The highest BCUT2D eigenvalue weighted by molar-refractivity contribution is 7.08. The molecule has 3 aromatic rings. The van der Waals surface area contributed by atoms with Crippen molar-refractivity contribution in [3.8, 4) is 11.3 Å². The van der Waals surface area contributed by atoms with Crippen LogP contribution in [0.2, 0.25) is 10.0 Å². The van der Waals surface area contributed by atoms with Crippen molar-refractivity contribution < 1.29 is 0 Å². The van der Waals surface area contributed by atoms with Crippen molar-refractivity contribution >= 4 is 34.5 Å². The second kappa shape index (κ2) is 5.37. The van der Waals surface area contributed by atoms with E-state index in [1.807, 2.05) is 35.8 Å². The number of hydrogen-bond donors (Lipinski definition) is 1. The summed E-state index contributed by atoms with van der Waals surface area (Å²) in [5.74, 6) is 0.858. The number of nitrogens with zero attached hydrogens (tertiary/aromatic N) is 1. The van der Waals surface area contributed by atoms with E-state index in [4.69, 9.17) is 23.2 Å². The predicted octanol–water partition coefficient (Wildman–Crippen LogP) is 5.04. The Bertz CT molecular complexity index is 669. The number of nitrogens with one attached hydrogen (secondary N) is 1. The van der Waals surface area contributed by atoms with E-state index in [2.05, 4.69) is 15.3 Å². The highest BCUT2D eigenvalue weighted by atomic mass is 35.5. The number of benzene rings is 1. The summed E-state index contributed by atoms with van der Waals surface area (Å²) in [7, 11) is 0. The molecular weight excluding hydrogens is 299 g/mol. The smallest absolute Gasteiger partial charge is 0.111 e. The molecule has 0 aliphatic rings. The second-order valence-corrected chi connectivity index (χ2v) is 5.72. The Labute approximate surface area is 125 Å². The number of imidazole rings is 1. The van der Waals surface area contributed by atoms with E-state index in [-0.39, 0.29) is 0 Å². The van der Waals surface area contributed by atoms with Gasteiger partial charge in [-0.2, -0.15) is 11.3 Å². The van der Waals surface area contributed by atoms with Crippen molar-refractivity contribution in [2.24, 2.45) is 0 Å². The summed E-state index contributed by atoms with van der Waals surface area (Å²) >= 11 is 14.0. The van der Waals surface area contributed by atoms with E-state index in [1.54, 1.807) is 11.3 Å². The first-order chi connectivity index (χ1) is 9.24. The molecule has 0 unspecified atom stereocenters. The van der Waals surface area contributed by atoms with Crippen LogP contribution in [-0.2, 0) is 6.42 Å². The van der Waals surface area contributed by atoms with Crippen LogP contribution in [0.1, 0.15) is 11.4 Å². The molecule has 0 saturated heterocycles. The van der Waals surface area contributed by atoms with Crippen LogP contribution in [0.4, 0.5) is 0 Å². The zero-order chi connectivity index (χ0) is 13.2. The minimum atomic E-state index is 0.600. The summed E-state index contributed by atoms with van der Waals surface area (Å²) in [6, 6.07) is 7.57. The zero-order valence-electron chi connectivity index (χ0n) is 9.86. The minimum Gasteiger partial charge on any atom is -0.348 e. The lowest BCUT2D eigenvalue weighted by Crippen LogP contribution is -1.93. The van der Waals surface area contributed by atoms with Crippen molar-refractivity contribution in [1.29, 1.82) is 0 Å². The number of aromatic amines is 1. The fourth-order valence-electron chi connectivity index (χ4n) is 1.88. The molecular formula is C14H10Cl2N2S. The van der Waals surface area contributed by atoms with Crippen LogP contribution in [0.5, 0.6) is 0 Å². The molecule has 0 amide bonds. The van der Waals surface area contributed by atoms with Crippen molar-refractivity contribution in [2.75, 3.05) is 0 Å². The maximum atomic E-state index is 6.16. The maximum absolute atomic E-state index is 6.16. The van der Waals surface area contributed by atoms with Crippen LogP contribution in [0.15, 0.2) is 41.2 Å². The van der Waals surface area contributed by atoms with Gasteiger partial charge < -0.3 is 4.98 Å². The van der Waals surface area contributed by atoms with E-state index >= 15 is 0 Å². The highest BCUT2D eigenvalue weighted by Gasteiger charge is 2.10. The summed E-state index contributed by atoms with van der Waals surface area (Å²) < 4.78 is 0. The van der Waals surface area contributed by atoms with Crippen LogP contribution in [0.3, 0.4) is 0 Å². The SMILES string of the molecule is Clc1cccc(Cl)c1Cc1nc(-c2ccsc2)c[nH]1. The molecule has 96 valence electrons. The Balaban J connectivity index is 1.88. The van der Waals surface area contributed by atoms with E-state index in [9.17, 15) is 0 Å². The Morgan fingerprint density at radius 1 is 1.16 bits per heavy atom. The average molecular weight is 309 g/mol. The van der Waals surface area contributed by atoms with E-state index < -0.39 is 0 Å². The van der Waals surface area contributed by atoms with Crippen molar-refractivity contribution in [2.45, 2.75) is 6.42 Å². The lowest BCUT2D eigenvalue weighted by Gasteiger charge is -2.04. The number of aromatic nitrogens is 2. The number of H-pyrrole nitrogens is 1. The molecule has 0 spiro atoms. The van der Waals surface area contributed by atoms with E-state index in [0.717, 1.165) is 22.6 Å². The molecule has 0 radical (unpaired) electrons. The molecule has 1 aromatic carbocycles. The summed E-state index contributed by atoms with van der Waals surface area (Å²) in [5.41, 5.74) is 2.97. The quantitative estimate of drug-likeness (QED) is 0.721. The first-order valence-electron chi connectivity index (χ1n) is 5.74. The van der Waals surface area contributed by atoms with Gasteiger partial charge in [0.15, 0.2) is 0 Å². The Morgan fingerprint density at radius 3 is 2.63 bits per heavy atom. The lowest BCUT2D eigenvalue weighted by molar-refractivity contribution is 1.03. The minimum absolute atomic E-state index is 0.600. The number of halogens is 2.